The number of esters is 1. The quantitative estimate of drug-likeness (QED) is 0.324. The van der Waals surface area contributed by atoms with Gasteiger partial charge >= 0.3 is 12.1 Å². The second-order valence-electron chi connectivity index (χ2n) is 7.46. The number of thioether (sulfide) groups is 2. The molecule has 0 aliphatic rings. The largest absolute Gasteiger partial charge is 0.507 e. The Labute approximate surface area is 213 Å². The first-order valence-electron chi connectivity index (χ1n) is 10.2. The van der Waals surface area contributed by atoms with Crippen LogP contribution in [0.4, 0.5) is 22.0 Å². The number of rotatable bonds is 6. The van der Waals surface area contributed by atoms with E-state index in [0.717, 1.165) is 0 Å². The zero-order valence-electron chi connectivity index (χ0n) is 19.9. The number of hydrogen-bond acceptors (Lipinski definition) is 8. The molecule has 1 N–H and O–H groups in total. The average molecular weight is 554 g/mol. The Morgan fingerprint density at radius 1 is 1.03 bits per heavy atom. The zero-order valence-corrected chi connectivity index (χ0v) is 21.5. The maximum Gasteiger partial charge on any atom is 0.434 e. The number of aromatic nitrogens is 1. The fraction of sp³-hybridized carbons (Fsp3) is 0.391. The molecule has 0 unspecified atom stereocenters. The van der Waals surface area contributed by atoms with Gasteiger partial charge in [-0.25, -0.2) is 18.6 Å². The van der Waals surface area contributed by atoms with E-state index in [0.29, 0.717) is 23.5 Å². The van der Waals surface area contributed by atoms with Gasteiger partial charge in [-0.1, -0.05) is 49.5 Å². The molecule has 1 aromatic heterocycles. The smallest absolute Gasteiger partial charge is 0.434 e. The van der Waals surface area contributed by atoms with Crippen LogP contribution in [-0.2, 0) is 17.3 Å². The van der Waals surface area contributed by atoms with Crippen LogP contribution in [0.3, 0.4) is 0 Å². The summed E-state index contributed by atoms with van der Waals surface area (Å²) >= 11 is 1.09. The van der Waals surface area contributed by atoms with Crippen LogP contribution in [0.25, 0.3) is 0 Å². The molecule has 0 saturated heterocycles. The summed E-state index contributed by atoms with van der Waals surface area (Å²) in [5.41, 5.74) is -4.44. The van der Waals surface area contributed by atoms with Crippen LogP contribution in [0.1, 0.15) is 68.3 Å². The van der Waals surface area contributed by atoms with Crippen LogP contribution in [0.5, 0.6) is 5.75 Å². The van der Waals surface area contributed by atoms with Crippen LogP contribution < -0.4 is 0 Å². The van der Waals surface area contributed by atoms with Crippen molar-refractivity contribution < 1.29 is 46.2 Å². The Morgan fingerprint density at radius 3 is 1.97 bits per heavy atom. The number of phenolic OH excluding ortho intramolecular Hbond substituents is 1. The van der Waals surface area contributed by atoms with Crippen molar-refractivity contribution in [1.29, 1.82) is 0 Å². The third-order valence-electron chi connectivity index (χ3n) is 4.50. The summed E-state index contributed by atoms with van der Waals surface area (Å²) < 4.78 is 71.2. The van der Waals surface area contributed by atoms with Crippen LogP contribution in [0.2, 0.25) is 0 Å². The number of alkyl halides is 5. The third kappa shape index (κ3) is 7.92. The number of para-hydroxylation sites is 1. The highest BCUT2D eigenvalue weighted by Gasteiger charge is 2.42. The molecule has 1 aromatic carbocycles. The van der Waals surface area contributed by atoms with Gasteiger partial charge in [0, 0.05) is 0 Å². The predicted octanol–water partition coefficient (Wildman–Crippen LogP) is 6.42. The fourth-order valence-corrected chi connectivity index (χ4v) is 3.89. The molecular formula is C23H24F5NO5S2. The first-order valence-corrected chi connectivity index (χ1v) is 12.6. The van der Waals surface area contributed by atoms with Crippen LogP contribution in [-0.4, -0.2) is 45.9 Å². The molecule has 0 aliphatic heterocycles. The van der Waals surface area contributed by atoms with E-state index in [1.807, 2.05) is 0 Å². The lowest BCUT2D eigenvalue weighted by Gasteiger charge is -2.21. The summed E-state index contributed by atoms with van der Waals surface area (Å²) in [5, 5.41) is 7.30. The van der Waals surface area contributed by atoms with Gasteiger partial charge in [0.05, 0.1) is 18.2 Å². The molecule has 0 aliphatic carbocycles. The molecule has 36 heavy (non-hydrogen) atoms. The molecule has 6 nitrogen and oxygen atoms in total. The van der Waals surface area contributed by atoms with E-state index in [1.165, 1.54) is 31.8 Å². The number of halogens is 5. The minimum absolute atomic E-state index is 0.0562. The van der Waals surface area contributed by atoms with Crippen LogP contribution in [0, 0.1) is 5.92 Å². The second-order valence-corrected chi connectivity index (χ2v) is 9.02. The van der Waals surface area contributed by atoms with Crippen molar-refractivity contribution in [2.45, 2.75) is 32.9 Å². The summed E-state index contributed by atoms with van der Waals surface area (Å²) in [7, 11) is 1.27. The molecule has 0 radical (unpaired) electrons. The van der Waals surface area contributed by atoms with Crippen molar-refractivity contribution >= 4 is 39.7 Å². The van der Waals surface area contributed by atoms with Crippen molar-refractivity contribution in [2.75, 3.05) is 19.6 Å². The standard InChI is InChI=1S/C15H16F5NO2S2.C8H8O3/c1-6(2)5-7-8(13(22)24-3)10(12(16)17)21-11(15(18,19)20)9(7)14(23)25-4;1-11-8(10)6-4-2-3-5-7(6)9/h6,12H,5H2,1-4H3;2-5,9H,1H3. The molecule has 0 bridgehead atoms. The second kappa shape index (κ2) is 13.6. The van der Waals surface area contributed by atoms with Crippen LogP contribution >= 0.6 is 23.5 Å². The molecule has 2 rings (SSSR count). The highest BCUT2D eigenvalue weighted by Crippen LogP contribution is 2.39. The number of aromatic hydroxyl groups is 1. The summed E-state index contributed by atoms with van der Waals surface area (Å²) in [6.45, 7) is 3.30. The summed E-state index contributed by atoms with van der Waals surface area (Å²) in [6, 6.07) is 6.24. The molecule has 1 heterocycles. The summed E-state index contributed by atoms with van der Waals surface area (Å²) in [4.78, 5) is 38.2. The van der Waals surface area contributed by atoms with E-state index in [4.69, 9.17) is 5.11 Å². The summed E-state index contributed by atoms with van der Waals surface area (Å²) in [6.07, 6.45) is -6.01. The number of carbonyl (C=O) groups is 3. The van der Waals surface area contributed by atoms with Crippen LogP contribution in [0.15, 0.2) is 24.3 Å². The van der Waals surface area contributed by atoms with Gasteiger partial charge in [-0.15, -0.1) is 0 Å². The highest BCUT2D eigenvalue weighted by molar-refractivity contribution is 8.13. The minimum Gasteiger partial charge on any atom is -0.507 e. The fourth-order valence-electron chi connectivity index (χ4n) is 3.04. The van der Waals surface area contributed by atoms with Gasteiger partial charge in [0.25, 0.3) is 6.43 Å². The zero-order chi connectivity index (χ0) is 27.8. The van der Waals surface area contributed by atoms with Gasteiger partial charge in [0.1, 0.15) is 17.0 Å². The Kier molecular flexibility index (Phi) is 11.8. The number of ether oxygens (including phenoxy) is 1. The molecule has 13 heteroatoms. The first kappa shape index (κ1) is 31.4. The maximum absolute atomic E-state index is 13.4. The molecule has 198 valence electrons. The highest BCUT2D eigenvalue weighted by atomic mass is 32.2. The number of nitrogens with zero attached hydrogens (tertiary/aromatic N) is 1. The van der Waals surface area contributed by atoms with Gasteiger partial charge in [-0.05, 0) is 42.5 Å². The van der Waals surface area contributed by atoms with E-state index in [1.54, 1.807) is 26.0 Å². The average Bonchev–Trinajstić information content (AvgIpc) is 2.81. The molecule has 0 atom stereocenters. The molecule has 0 fully saturated rings. The maximum atomic E-state index is 13.4. The number of methoxy groups -OCH3 is 1. The predicted molar refractivity (Wildman–Crippen MR) is 128 cm³/mol. The van der Waals surface area contributed by atoms with E-state index < -0.39 is 51.3 Å². The van der Waals surface area contributed by atoms with Crippen molar-refractivity contribution in [1.82, 2.24) is 4.98 Å². The van der Waals surface area contributed by atoms with E-state index in [2.05, 4.69) is 9.72 Å². The lowest BCUT2D eigenvalue weighted by atomic mass is 9.92. The van der Waals surface area contributed by atoms with E-state index >= 15 is 0 Å². The van der Waals surface area contributed by atoms with Crippen molar-refractivity contribution in [3.05, 3.63) is 57.9 Å². The summed E-state index contributed by atoms with van der Waals surface area (Å²) in [5.74, 6) is -0.849. The van der Waals surface area contributed by atoms with Crippen molar-refractivity contribution in [3.63, 3.8) is 0 Å². The minimum atomic E-state index is -5.10. The number of phenols is 1. The van der Waals surface area contributed by atoms with Gasteiger partial charge in [0.2, 0.25) is 10.2 Å². The molecule has 0 spiro atoms. The van der Waals surface area contributed by atoms with Gasteiger partial charge in [-0.3, -0.25) is 9.59 Å². The molecule has 0 amide bonds. The SMILES string of the molecule is COC(=O)c1ccccc1O.CSC(=O)c1c(C(F)F)nc(C(F)(F)F)c(C(=O)SC)c1CC(C)C. The molecule has 0 saturated carbocycles. The van der Waals surface area contributed by atoms with E-state index in [9.17, 15) is 36.3 Å². The molecule has 2 aromatic rings. The van der Waals surface area contributed by atoms with Crippen molar-refractivity contribution in [3.8, 4) is 5.75 Å². The van der Waals surface area contributed by atoms with Gasteiger partial charge < -0.3 is 9.84 Å². The topological polar surface area (TPSA) is 93.6 Å². The van der Waals surface area contributed by atoms with Gasteiger partial charge in [0.15, 0.2) is 5.69 Å². The Morgan fingerprint density at radius 2 is 1.56 bits per heavy atom. The number of pyridine rings is 1. The lowest BCUT2D eigenvalue weighted by molar-refractivity contribution is -0.141. The first-order chi connectivity index (χ1) is 16.7. The Bertz CT molecular complexity index is 1110. The normalized spacial score (nSPS) is 11.2. The monoisotopic (exact) mass is 553 g/mol. The number of benzene rings is 1. The molecular weight excluding hydrogens is 529 g/mol. The third-order valence-corrected chi connectivity index (χ3v) is 5.65. The van der Waals surface area contributed by atoms with Crippen molar-refractivity contribution in [2.24, 2.45) is 5.92 Å². The van der Waals surface area contributed by atoms with Gasteiger partial charge in [-0.2, -0.15) is 13.2 Å². The number of carbonyl (C=O) groups excluding carboxylic acids is 3. The Hall–Kier alpha value is -2.67. The number of hydrogen-bond donors (Lipinski definition) is 1. The van der Waals surface area contributed by atoms with E-state index in [-0.39, 0.29) is 29.2 Å². The lowest BCUT2D eigenvalue weighted by Crippen LogP contribution is -2.23. The Balaban J connectivity index is 0.000000488.